The maximum absolute atomic E-state index is 13.1. The summed E-state index contributed by atoms with van der Waals surface area (Å²) in [5.74, 6) is -3.62. The minimum atomic E-state index is -1.31. The number of methoxy groups -OCH3 is 1. The van der Waals surface area contributed by atoms with Gasteiger partial charge in [-0.15, -0.1) is 0 Å². The quantitative estimate of drug-likeness (QED) is 0.282. The molecule has 11 heteroatoms. The minimum Gasteiger partial charge on any atom is -0.492 e. The molecule has 1 aliphatic rings. The molecular formula is C27H27BrClN3O5S. The monoisotopic (exact) mass is 619 g/mol. The van der Waals surface area contributed by atoms with Gasteiger partial charge in [0.1, 0.15) is 11.7 Å². The van der Waals surface area contributed by atoms with E-state index in [9.17, 15) is 19.6 Å². The zero-order chi connectivity index (χ0) is 28.0. The van der Waals surface area contributed by atoms with Crippen molar-refractivity contribution in [2.75, 3.05) is 24.8 Å². The number of thioether (sulfide) groups is 1. The van der Waals surface area contributed by atoms with Gasteiger partial charge in [-0.2, -0.15) is 5.26 Å². The number of nitrogens with one attached hydrogen (secondary N) is 2. The molecule has 200 valence electrons. The molecule has 1 heterocycles. The van der Waals surface area contributed by atoms with Crippen molar-refractivity contribution in [1.82, 2.24) is 5.32 Å². The second-order valence-electron chi connectivity index (χ2n) is 8.39. The summed E-state index contributed by atoms with van der Waals surface area (Å²) >= 11 is 10.9. The van der Waals surface area contributed by atoms with Gasteiger partial charge < -0.3 is 20.1 Å². The second-order valence-corrected chi connectivity index (χ2v) is 10.7. The van der Waals surface area contributed by atoms with Crippen LogP contribution in [0.25, 0.3) is 0 Å². The van der Waals surface area contributed by atoms with E-state index in [1.165, 1.54) is 7.11 Å². The van der Waals surface area contributed by atoms with E-state index >= 15 is 0 Å². The van der Waals surface area contributed by atoms with Gasteiger partial charge in [0, 0.05) is 16.1 Å². The summed E-state index contributed by atoms with van der Waals surface area (Å²) in [4.78, 5) is 38.6. The highest BCUT2D eigenvalue weighted by Gasteiger charge is 2.44. The second kappa shape index (κ2) is 13.2. The van der Waals surface area contributed by atoms with E-state index in [2.05, 4.69) is 32.6 Å². The first kappa shape index (κ1) is 29.6. The summed E-state index contributed by atoms with van der Waals surface area (Å²) in [6.07, 6.45) is 0.726. The number of amides is 2. The van der Waals surface area contributed by atoms with Gasteiger partial charge >= 0.3 is 5.97 Å². The smallest absolute Gasteiger partial charge is 0.319 e. The lowest BCUT2D eigenvalue weighted by molar-refractivity contribution is -0.150. The number of hydrogen-bond acceptors (Lipinski definition) is 7. The van der Waals surface area contributed by atoms with Crippen molar-refractivity contribution in [2.24, 2.45) is 5.92 Å². The number of anilines is 1. The Labute approximate surface area is 239 Å². The Balaban J connectivity index is 1.94. The number of carbonyl (C=O) groups excluding carboxylic acids is 3. The van der Waals surface area contributed by atoms with E-state index in [1.807, 2.05) is 32.9 Å². The molecule has 3 rings (SSSR count). The van der Waals surface area contributed by atoms with Gasteiger partial charge in [-0.05, 0) is 61.2 Å². The van der Waals surface area contributed by atoms with Gasteiger partial charge in [0.25, 0.3) is 0 Å². The number of ether oxygens (including phenoxy) is 2. The molecule has 0 aromatic heterocycles. The van der Waals surface area contributed by atoms with Crippen LogP contribution < -0.4 is 15.4 Å². The molecule has 2 N–H and O–H groups in total. The van der Waals surface area contributed by atoms with Crippen molar-refractivity contribution < 1.29 is 23.9 Å². The summed E-state index contributed by atoms with van der Waals surface area (Å²) in [7, 11) is 1.18. The molecule has 0 bridgehead atoms. The lowest BCUT2D eigenvalue weighted by Gasteiger charge is -2.31. The Morgan fingerprint density at radius 2 is 2.00 bits per heavy atom. The van der Waals surface area contributed by atoms with Gasteiger partial charge in [-0.1, -0.05) is 52.3 Å². The highest BCUT2D eigenvalue weighted by molar-refractivity contribution is 9.10. The largest absolute Gasteiger partial charge is 0.492 e. The van der Waals surface area contributed by atoms with Gasteiger partial charge in [0.15, 0.2) is 0 Å². The topological polar surface area (TPSA) is 118 Å². The van der Waals surface area contributed by atoms with E-state index in [1.54, 1.807) is 18.2 Å². The van der Waals surface area contributed by atoms with Gasteiger partial charge in [-0.3, -0.25) is 14.4 Å². The molecule has 2 amide bonds. The van der Waals surface area contributed by atoms with Crippen LogP contribution in [0.5, 0.6) is 5.75 Å². The Kier molecular flexibility index (Phi) is 10.3. The highest BCUT2D eigenvalue weighted by atomic mass is 79.9. The highest BCUT2D eigenvalue weighted by Crippen LogP contribution is 2.42. The molecule has 2 aromatic carbocycles. The fourth-order valence-electron chi connectivity index (χ4n) is 4.25. The van der Waals surface area contributed by atoms with Crippen LogP contribution >= 0.6 is 39.3 Å². The Morgan fingerprint density at radius 1 is 1.26 bits per heavy atom. The van der Waals surface area contributed by atoms with Crippen LogP contribution in [0.3, 0.4) is 0 Å². The molecule has 0 radical (unpaired) electrons. The number of hydrogen-bond donors (Lipinski definition) is 2. The zero-order valence-corrected chi connectivity index (χ0v) is 24.5. The lowest BCUT2D eigenvalue weighted by Crippen LogP contribution is -2.44. The number of rotatable bonds is 9. The van der Waals surface area contributed by atoms with E-state index in [0.717, 1.165) is 39.5 Å². The molecule has 0 unspecified atom stereocenters. The first-order valence-corrected chi connectivity index (χ1v) is 14.0. The Morgan fingerprint density at radius 3 is 2.61 bits per heavy atom. The van der Waals surface area contributed by atoms with Crippen LogP contribution in [0.4, 0.5) is 5.69 Å². The molecule has 38 heavy (non-hydrogen) atoms. The zero-order valence-electron chi connectivity index (χ0n) is 21.3. The Bertz CT molecular complexity index is 1340. The number of nitrogens with zero attached hydrogens (tertiary/aromatic N) is 1. The molecule has 0 saturated heterocycles. The molecule has 0 saturated carbocycles. The van der Waals surface area contributed by atoms with Gasteiger partial charge in [0.05, 0.1) is 41.2 Å². The number of aryl methyl sites for hydroxylation is 2. The average Bonchev–Trinajstić information content (AvgIpc) is 2.89. The normalized spacial score (nSPS) is 16.9. The third kappa shape index (κ3) is 6.52. The van der Waals surface area contributed by atoms with E-state index in [4.69, 9.17) is 21.1 Å². The standard InChI is InChI=1S/C27H27BrClN3O5S/c1-5-15-10-17(28)9-14(3)24(15)31-21(33)13-38-26-18(12-30)22(23(25(34)32-26)27(35)36-4)16-7-8-20(37-6-2)19(29)11-16/h7-11,22-23H,5-6,13H2,1-4H3,(H,31,33)(H,32,34)/t22-,23+/m0/s1. The lowest BCUT2D eigenvalue weighted by atomic mass is 9.78. The molecule has 0 aliphatic carbocycles. The van der Waals surface area contributed by atoms with Gasteiger partial charge in [-0.25, -0.2) is 0 Å². The Hall–Kier alpha value is -3.00. The summed E-state index contributed by atoms with van der Waals surface area (Å²) in [5, 5.41) is 16.1. The first-order chi connectivity index (χ1) is 18.1. The van der Waals surface area contributed by atoms with Crippen LogP contribution in [0.1, 0.15) is 36.5 Å². The van der Waals surface area contributed by atoms with Crippen molar-refractivity contribution in [3.05, 3.63) is 67.1 Å². The number of benzene rings is 2. The van der Waals surface area contributed by atoms with Crippen molar-refractivity contribution >= 4 is 62.8 Å². The minimum absolute atomic E-state index is 0.0703. The van der Waals surface area contributed by atoms with Crippen molar-refractivity contribution in [2.45, 2.75) is 33.1 Å². The van der Waals surface area contributed by atoms with Crippen LogP contribution in [0.15, 0.2) is 45.4 Å². The van der Waals surface area contributed by atoms with Crippen molar-refractivity contribution in [3.8, 4) is 11.8 Å². The fourth-order valence-corrected chi connectivity index (χ4v) is 5.96. The SMILES string of the molecule is CCOc1ccc([C@H]2C(C#N)=C(SCC(=O)Nc3c(C)cc(Br)cc3CC)NC(=O)[C@@H]2C(=O)OC)cc1Cl. The summed E-state index contributed by atoms with van der Waals surface area (Å²) in [6, 6.07) is 10.8. The fraction of sp³-hybridized carbons (Fsp3) is 0.333. The molecule has 2 atom stereocenters. The van der Waals surface area contributed by atoms with E-state index in [-0.39, 0.29) is 27.3 Å². The molecule has 1 aliphatic heterocycles. The van der Waals surface area contributed by atoms with Crippen LogP contribution in [0.2, 0.25) is 5.02 Å². The van der Waals surface area contributed by atoms with Crippen LogP contribution in [-0.4, -0.2) is 37.3 Å². The van der Waals surface area contributed by atoms with Crippen molar-refractivity contribution in [3.63, 3.8) is 0 Å². The van der Waals surface area contributed by atoms with Gasteiger partial charge in [0.2, 0.25) is 11.8 Å². The third-order valence-corrected chi connectivity index (χ3v) is 7.74. The maximum Gasteiger partial charge on any atom is 0.319 e. The van der Waals surface area contributed by atoms with Crippen molar-refractivity contribution in [1.29, 1.82) is 5.26 Å². The summed E-state index contributed by atoms with van der Waals surface area (Å²) in [5.41, 5.74) is 3.22. The number of allylic oxidation sites excluding steroid dienone is 1. The molecule has 8 nitrogen and oxygen atoms in total. The van der Waals surface area contributed by atoms with Crippen LogP contribution in [-0.2, 0) is 25.5 Å². The third-order valence-electron chi connectivity index (χ3n) is 5.97. The maximum atomic E-state index is 13.1. The predicted molar refractivity (Wildman–Crippen MR) is 151 cm³/mol. The number of esters is 1. The molecule has 0 fully saturated rings. The van der Waals surface area contributed by atoms with E-state index < -0.39 is 23.7 Å². The number of halogens is 2. The predicted octanol–water partition coefficient (Wildman–Crippen LogP) is 5.48. The number of carbonyl (C=O) groups is 3. The first-order valence-electron chi connectivity index (χ1n) is 11.8. The molecule has 0 spiro atoms. The summed E-state index contributed by atoms with van der Waals surface area (Å²) < 4.78 is 11.3. The summed E-state index contributed by atoms with van der Waals surface area (Å²) in [6.45, 7) is 6.13. The average molecular weight is 621 g/mol. The van der Waals surface area contributed by atoms with Crippen LogP contribution in [0, 0.1) is 24.2 Å². The molecular weight excluding hydrogens is 594 g/mol. The number of nitriles is 1. The van der Waals surface area contributed by atoms with E-state index in [0.29, 0.717) is 17.9 Å². The molecule has 2 aromatic rings.